The van der Waals surface area contributed by atoms with Gasteiger partial charge in [-0.25, -0.2) is 4.98 Å². The first-order valence-corrected chi connectivity index (χ1v) is 5.86. The van der Waals surface area contributed by atoms with E-state index >= 15 is 0 Å². The van der Waals surface area contributed by atoms with E-state index < -0.39 is 0 Å². The fourth-order valence-electron chi connectivity index (χ4n) is 0.803. The minimum Gasteiger partial charge on any atom is -0.396 e. The molecule has 1 heterocycles. The van der Waals surface area contributed by atoms with Gasteiger partial charge in [0.25, 0.3) is 0 Å². The highest BCUT2D eigenvalue weighted by atomic mass is 32.2. The highest BCUT2D eigenvalue weighted by Crippen LogP contribution is 2.20. The zero-order valence-electron chi connectivity index (χ0n) is 7.06. The number of aromatic nitrogens is 1. The second-order valence-corrected chi connectivity index (χ2v) is 4.97. The van der Waals surface area contributed by atoms with Gasteiger partial charge in [0.05, 0.1) is 0 Å². The van der Waals surface area contributed by atoms with E-state index in [4.69, 9.17) is 5.11 Å². The third-order valence-electron chi connectivity index (χ3n) is 1.51. The lowest BCUT2D eigenvalue weighted by atomic mass is 10.3. The van der Waals surface area contributed by atoms with Crippen LogP contribution in [0.3, 0.4) is 0 Å². The molecule has 1 atom stereocenters. The third-order valence-corrected chi connectivity index (χ3v) is 3.72. The molecular formula is C8H13NOS2. The number of nitrogens with zero attached hydrogens (tertiary/aromatic N) is 1. The fourth-order valence-corrected chi connectivity index (χ4v) is 2.45. The summed E-state index contributed by atoms with van der Waals surface area (Å²) in [5.41, 5.74) is 0. The highest BCUT2D eigenvalue weighted by Gasteiger charge is 2.02. The molecule has 1 rings (SSSR count). The Hall–Kier alpha value is -0.0600. The molecule has 0 saturated heterocycles. The Bertz CT molecular complexity index is 201. The molecule has 12 heavy (non-hydrogen) atoms. The maximum Gasteiger partial charge on any atom is 0.102 e. The summed E-state index contributed by atoms with van der Waals surface area (Å²) >= 11 is 3.54. The van der Waals surface area contributed by atoms with E-state index in [1.165, 1.54) is 5.01 Å². The Morgan fingerprint density at radius 2 is 2.58 bits per heavy atom. The lowest BCUT2D eigenvalue weighted by Gasteiger charge is -2.06. The van der Waals surface area contributed by atoms with E-state index in [0.717, 1.165) is 12.2 Å². The van der Waals surface area contributed by atoms with Crippen molar-refractivity contribution >= 4 is 23.1 Å². The van der Waals surface area contributed by atoms with Crippen LogP contribution >= 0.6 is 23.1 Å². The molecule has 4 heteroatoms. The number of rotatable bonds is 5. The molecule has 2 nitrogen and oxygen atoms in total. The van der Waals surface area contributed by atoms with Crippen LogP contribution in [0.15, 0.2) is 11.6 Å². The van der Waals surface area contributed by atoms with E-state index in [2.05, 4.69) is 11.9 Å². The molecule has 0 aliphatic rings. The lowest BCUT2D eigenvalue weighted by molar-refractivity contribution is 0.289. The summed E-state index contributed by atoms with van der Waals surface area (Å²) in [5.74, 6) is 0.971. The Balaban J connectivity index is 2.17. The van der Waals surface area contributed by atoms with E-state index in [1.54, 1.807) is 11.3 Å². The van der Waals surface area contributed by atoms with E-state index in [1.807, 2.05) is 23.3 Å². The first-order chi connectivity index (χ1) is 5.83. The molecule has 0 fully saturated rings. The summed E-state index contributed by atoms with van der Waals surface area (Å²) in [4.78, 5) is 4.18. The van der Waals surface area contributed by atoms with Gasteiger partial charge in [-0.05, 0) is 6.42 Å². The highest BCUT2D eigenvalue weighted by molar-refractivity contribution is 7.99. The predicted octanol–water partition coefficient (Wildman–Crippen LogP) is 2.15. The average molecular weight is 203 g/mol. The number of thioether (sulfide) groups is 1. The van der Waals surface area contributed by atoms with Gasteiger partial charge in [0, 0.05) is 29.2 Å². The molecule has 0 aliphatic carbocycles. The van der Waals surface area contributed by atoms with Gasteiger partial charge in [0.15, 0.2) is 0 Å². The van der Waals surface area contributed by atoms with Crippen molar-refractivity contribution in [3.05, 3.63) is 16.6 Å². The van der Waals surface area contributed by atoms with Gasteiger partial charge in [0.1, 0.15) is 5.01 Å². The molecule has 0 spiro atoms. The lowest BCUT2D eigenvalue weighted by Crippen LogP contribution is -1.99. The molecule has 0 amide bonds. The van der Waals surface area contributed by atoms with Crippen LogP contribution in [-0.4, -0.2) is 21.9 Å². The quantitative estimate of drug-likeness (QED) is 0.796. The first-order valence-electron chi connectivity index (χ1n) is 3.93. The van der Waals surface area contributed by atoms with Crippen molar-refractivity contribution in [1.29, 1.82) is 0 Å². The molecule has 1 N–H and O–H groups in total. The third kappa shape index (κ3) is 3.56. The summed E-state index contributed by atoms with van der Waals surface area (Å²) in [6.07, 6.45) is 2.70. The molecule has 1 aromatic heterocycles. The Morgan fingerprint density at radius 3 is 3.17 bits per heavy atom. The van der Waals surface area contributed by atoms with Crippen LogP contribution in [-0.2, 0) is 5.75 Å². The van der Waals surface area contributed by atoms with Crippen molar-refractivity contribution in [2.45, 2.75) is 24.3 Å². The monoisotopic (exact) mass is 203 g/mol. The Morgan fingerprint density at radius 1 is 1.75 bits per heavy atom. The van der Waals surface area contributed by atoms with E-state index in [-0.39, 0.29) is 6.61 Å². The number of hydrogen-bond donors (Lipinski definition) is 1. The van der Waals surface area contributed by atoms with Gasteiger partial charge < -0.3 is 5.11 Å². The fraction of sp³-hybridized carbons (Fsp3) is 0.625. The van der Waals surface area contributed by atoms with Crippen molar-refractivity contribution in [2.24, 2.45) is 0 Å². The molecule has 68 valence electrons. The van der Waals surface area contributed by atoms with Crippen molar-refractivity contribution in [1.82, 2.24) is 4.98 Å². The molecule has 0 aliphatic heterocycles. The van der Waals surface area contributed by atoms with Crippen molar-refractivity contribution < 1.29 is 5.11 Å². The predicted molar refractivity (Wildman–Crippen MR) is 54.6 cm³/mol. The average Bonchev–Trinajstić information content (AvgIpc) is 2.53. The van der Waals surface area contributed by atoms with Crippen LogP contribution in [0.25, 0.3) is 0 Å². The Labute approximate surface area is 81.0 Å². The first kappa shape index (κ1) is 10.0. The zero-order valence-corrected chi connectivity index (χ0v) is 8.70. The van der Waals surface area contributed by atoms with E-state index in [0.29, 0.717) is 5.25 Å². The molecule has 0 aromatic carbocycles. The van der Waals surface area contributed by atoms with Gasteiger partial charge in [-0.2, -0.15) is 11.8 Å². The maximum absolute atomic E-state index is 8.67. The summed E-state index contributed by atoms with van der Waals surface area (Å²) in [5, 5.41) is 12.4. The number of hydrogen-bond acceptors (Lipinski definition) is 4. The molecule has 0 bridgehead atoms. The molecular weight excluding hydrogens is 190 g/mol. The van der Waals surface area contributed by atoms with Crippen molar-refractivity contribution in [3.8, 4) is 0 Å². The minimum absolute atomic E-state index is 0.284. The van der Waals surface area contributed by atoms with Gasteiger partial charge >= 0.3 is 0 Å². The number of thiazole rings is 1. The van der Waals surface area contributed by atoms with Crippen LogP contribution in [0.4, 0.5) is 0 Å². The topological polar surface area (TPSA) is 33.1 Å². The second kappa shape index (κ2) is 5.56. The molecule has 1 aromatic rings. The Kier molecular flexibility index (Phi) is 4.65. The second-order valence-electron chi connectivity index (χ2n) is 2.56. The smallest absolute Gasteiger partial charge is 0.102 e. The van der Waals surface area contributed by atoms with Crippen LogP contribution in [0.5, 0.6) is 0 Å². The van der Waals surface area contributed by atoms with E-state index in [9.17, 15) is 0 Å². The standard InChI is InChI=1S/C8H13NOS2/c1-7(2-4-10)12-6-8-9-3-5-11-8/h3,5,7,10H,2,4,6H2,1H3. The SMILES string of the molecule is CC(CCO)SCc1nccs1. The normalized spacial score (nSPS) is 13.2. The van der Waals surface area contributed by atoms with Crippen LogP contribution in [0.1, 0.15) is 18.4 Å². The van der Waals surface area contributed by atoms with Gasteiger partial charge in [-0.15, -0.1) is 11.3 Å². The minimum atomic E-state index is 0.284. The van der Waals surface area contributed by atoms with Crippen LogP contribution in [0.2, 0.25) is 0 Å². The largest absolute Gasteiger partial charge is 0.396 e. The number of aliphatic hydroxyl groups is 1. The molecule has 1 unspecified atom stereocenters. The van der Waals surface area contributed by atoms with Gasteiger partial charge in [0.2, 0.25) is 0 Å². The van der Waals surface area contributed by atoms with Crippen molar-refractivity contribution in [2.75, 3.05) is 6.61 Å². The van der Waals surface area contributed by atoms with Gasteiger partial charge in [-0.1, -0.05) is 6.92 Å². The summed E-state index contributed by atoms with van der Waals surface area (Å²) in [6.45, 7) is 2.42. The molecule has 0 radical (unpaired) electrons. The number of aliphatic hydroxyl groups excluding tert-OH is 1. The van der Waals surface area contributed by atoms with Crippen LogP contribution in [0, 0.1) is 0 Å². The zero-order chi connectivity index (χ0) is 8.81. The summed E-state index contributed by atoms with van der Waals surface area (Å²) in [6, 6.07) is 0. The summed E-state index contributed by atoms with van der Waals surface area (Å²) in [7, 11) is 0. The van der Waals surface area contributed by atoms with Crippen molar-refractivity contribution in [3.63, 3.8) is 0 Å². The van der Waals surface area contributed by atoms with Crippen LogP contribution < -0.4 is 0 Å². The summed E-state index contributed by atoms with van der Waals surface area (Å²) < 4.78 is 0. The maximum atomic E-state index is 8.67. The molecule has 0 saturated carbocycles. The van der Waals surface area contributed by atoms with Gasteiger partial charge in [-0.3, -0.25) is 0 Å².